The molecule has 0 heterocycles. The first kappa shape index (κ1) is 16.1. The molecule has 0 amide bonds. The topological polar surface area (TPSA) is 50.6 Å². The monoisotopic (exact) mass is 285 g/mol. The lowest BCUT2D eigenvalue weighted by atomic mass is 9.99. The third kappa shape index (κ3) is 4.93. The molecule has 0 unspecified atom stereocenters. The molecule has 0 spiro atoms. The van der Waals surface area contributed by atoms with Gasteiger partial charge in [-0.25, -0.2) is 13.1 Å². The number of nitrogens with one attached hydrogen (secondary N) is 2. The van der Waals surface area contributed by atoms with Gasteiger partial charge in [0.15, 0.2) is 0 Å². The van der Waals surface area contributed by atoms with Crippen molar-refractivity contribution in [3.63, 3.8) is 0 Å². The quantitative estimate of drug-likeness (QED) is 0.772. The van der Waals surface area contributed by atoms with E-state index in [9.17, 15) is 8.42 Å². The Morgan fingerprint density at radius 3 is 2.26 bits per heavy atom. The van der Waals surface area contributed by atoms with Gasteiger partial charge in [0.25, 0.3) is 0 Å². The van der Waals surface area contributed by atoms with Crippen molar-refractivity contribution in [2.75, 3.05) is 27.2 Å². The molecule has 0 bridgehead atoms. The van der Waals surface area contributed by atoms with Crippen molar-refractivity contribution in [2.45, 2.75) is 31.1 Å². The zero-order valence-corrected chi connectivity index (χ0v) is 13.0. The minimum atomic E-state index is -3.37. The number of hydrogen-bond donors (Lipinski definition) is 2. The molecule has 0 fully saturated rings. The minimum Gasteiger partial charge on any atom is -0.339 e. The van der Waals surface area contributed by atoms with E-state index in [-0.39, 0.29) is 0 Å². The summed E-state index contributed by atoms with van der Waals surface area (Å²) in [4.78, 5) is 1.56. The van der Waals surface area contributed by atoms with Gasteiger partial charge in [-0.1, -0.05) is 26.0 Å². The lowest BCUT2D eigenvalue weighted by Crippen LogP contribution is -3.06. The summed E-state index contributed by atoms with van der Waals surface area (Å²) >= 11 is 0. The fourth-order valence-corrected chi connectivity index (χ4v) is 2.76. The maximum absolute atomic E-state index is 12.0. The van der Waals surface area contributed by atoms with Crippen LogP contribution in [0, 0.1) is 0 Å². The molecule has 1 rings (SSSR count). The molecular formula is C14H25N2O2S+. The highest BCUT2D eigenvalue weighted by atomic mass is 32.2. The molecule has 4 nitrogen and oxygen atoms in total. The third-order valence-electron chi connectivity index (χ3n) is 3.29. The SMILES string of the molecule is CC[C@H](C)c1ccc(S(=O)(=O)NCC[NH+](C)C)cc1. The van der Waals surface area contributed by atoms with E-state index >= 15 is 0 Å². The molecule has 0 aromatic heterocycles. The highest BCUT2D eigenvalue weighted by Crippen LogP contribution is 2.20. The first-order valence-corrected chi connectivity index (χ1v) is 8.23. The van der Waals surface area contributed by atoms with Crippen LogP contribution in [0.5, 0.6) is 0 Å². The Morgan fingerprint density at radius 1 is 1.21 bits per heavy atom. The van der Waals surface area contributed by atoms with Crippen molar-refractivity contribution in [3.8, 4) is 0 Å². The first-order valence-electron chi connectivity index (χ1n) is 6.75. The van der Waals surface area contributed by atoms with E-state index in [1.165, 1.54) is 10.5 Å². The molecule has 1 atom stereocenters. The summed E-state index contributed by atoms with van der Waals surface area (Å²) in [5.74, 6) is 0.460. The van der Waals surface area contributed by atoms with E-state index in [2.05, 4.69) is 18.6 Å². The number of benzene rings is 1. The van der Waals surface area contributed by atoms with Crippen molar-refractivity contribution in [2.24, 2.45) is 0 Å². The highest BCUT2D eigenvalue weighted by molar-refractivity contribution is 7.89. The van der Waals surface area contributed by atoms with E-state index in [1.807, 2.05) is 26.2 Å². The Labute approximate surface area is 116 Å². The van der Waals surface area contributed by atoms with E-state index in [4.69, 9.17) is 0 Å². The average molecular weight is 285 g/mol. The molecule has 0 aliphatic rings. The Hall–Kier alpha value is -0.910. The van der Waals surface area contributed by atoms with Crippen molar-refractivity contribution < 1.29 is 13.3 Å². The van der Waals surface area contributed by atoms with Gasteiger partial charge in [-0.2, -0.15) is 0 Å². The largest absolute Gasteiger partial charge is 0.339 e. The third-order valence-corrected chi connectivity index (χ3v) is 4.77. The van der Waals surface area contributed by atoms with Gasteiger partial charge in [0.1, 0.15) is 0 Å². The van der Waals surface area contributed by atoms with Gasteiger partial charge in [-0.15, -0.1) is 0 Å². The maximum Gasteiger partial charge on any atom is 0.240 e. The molecule has 0 saturated heterocycles. The van der Waals surface area contributed by atoms with Crippen LogP contribution >= 0.6 is 0 Å². The van der Waals surface area contributed by atoms with Gasteiger partial charge < -0.3 is 4.90 Å². The van der Waals surface area contributed by atoms with Gasteiger partial charge in [-0.05, 0) is 30.0 Å². The van der Waals surface area contributed by atoms with E-state index in [0.29, 0.717) is 17.4 Å². The number of likely N-dealkylation sites (N-methyl/N-ethyl adjacent to an activating group) is 1. The van der Waals surface area contributed by atoms with Gasteiger partial charge in [0.2, 0.25) is 10.0 Å². The minimum absolute atomic E-state index is 0.341. The highest BCUT2D eigenvalue weighted by Gasteiger charge is 2.14. The van der Waals surface area contributed by atoms with Crippen LogP contribution in [0.25, 0.3) is 0 Å². The van der Waals surface area contributed by atoms with E-state index < -0.39 is 10.0 Å². The van der Waals surface area contributed by atoms with Crippen LogP contribution in [0.1, 0.15) is 31.7 Å². The van der Waals surface area contributed by atoms with E-state index in [0.717, 1.165) is 13.0 Å². The van der Waals surface area contributed by atoms with Crippen LogP contribution in [-0.2, 0) is 10.0 Å². The molecule has 0 radical (unpaired) electrons. The van der Waals surface area contributed by atoms with Crippen molar-refractivity contribution in [1.82, 2.24) is 4.72 Å². The summed E-state index contributed by atoms with van der Waals surface area (Å²) < 4.78 is 26.7. The summed E-state index contributed by atoms with van der Waals surface area (Å²) in [6.07, 6.45) is 1.05. The van der Waals surface area contributed by atoms with Gasteiger partial charge in [-0.3, -0.25) is 0 Å². The summed E-state index contributed by atoms with van der Waals surface area (Å²) in [6.45, 7) is 5.49. The zero-order chi connectivity index (χ0) is 14.5. The predicted octanol–water partition coefficient (Wildman–Crippen LogP) is 0.623. The average Bonchev–Trinajstić information content (AvgIpc) is 2.37. The normalized spacial score (nSPS) is 13.7. The van der Waals surface area contributed by atoms with Crippen LogP contribution < -0.4 is 9.62 Å². The Kier molecular flexibility index (Phi) is 5.97. The van der Waals surface area contributed by atoms with Crippen LogP contribution in [-0.4, -0.2) is 35.6 Å². The second-order valence-electron chi connectivity index (χ2n) is 5.23. The summed E-state index contributed by atoms with van der Waals surface area (Å²) in [5, 5.41) is 0. The van der Waals surface area contributed by atoms with Crippen molar-refractivity contribution in [1.29, 1.82) is 0 Å². The van der Waals surface area contributed by atoms with Crippen LogP contribution in [0.15, 0.2) is 29.2 Å². The maximum atomic E-state index is 12.0. The molecule has 2 N–H and O–H groups in total. The number of sulfonamides is 1. The summed E-state index contributed by atoms with van der Waals surface area (Å²) in [5.41, 5.74) is 1.18. The lowest BCUT2D eigenvalue weighted by Gasteiger charge is -2.11. The lowest BCUT2D eigenvalue weighted by molar-refractivity contribution is -0.856. The molecule has 0 saturated carbocycles. The second-order valence-corrected chi connectivity index (χ2v) is 7.00. The molecule has 5 heteroatoms. The predicted molar refractivity (Wildman–Crippen MR) is 78.0 cm³/mol. The molecule has 1 aromatic carbocycles. The molecule has 0 aliphatic carbocycles. The molecule has 0 aliphatic heterocycles. The Morgan fingerprint density at radius 2 is 1.79 bits per heavy atom. The Balaban J connectivity index is 2.73. The summed E-state index contributed by atoms with van der Waals surface area (Å²) in [6, 6.07) is 7.18. The van der Waals surface area contributed by atoms with Gasteiger partial charge in [0.05, 0.1) is 32.1 Å². The van der Waals surface area contributed by atoms with Crippen LogP contribution in [0.2, 0.25) is 0 Å². The number of rotatable bonds is 7. The fraction of sp³-hybridized carbons (Fsp3) is 0.571. The summed E-state index contributed by atoms with van der Waals surface area (Å²) in [7, 11) is 0.622. The second kappa shape index (κ2) is 7.03. The molecule has 19 heavy (non-hydrogen) atoms. The van der Waals surface area contributed by atoms with Crippen molar-refractivity contribution in [3.05, 3.63) is 29.8 Å². The van der Waals surface area contributed by atoms with E-state index in [1.54, 1.807) is 12.1 Å². The van der Waals surface area contributed by atoms with Crippen LogP contribution in [0.4, 0.5) is 0 Å². The van der Waals surface area contributed by atoms with Crippen molar-refractivity contribution >= 4 is 10.0 Å². The molecular weight excluding hydrogens is 260 g/mol. The zero-order valence-electron chi connectivity index (χ0n) is 12.2. The Bertz CT molecular complexity index is 481. The number of quaternary nitrogens is 1. The number of hydrogen-bond acceptors (Lipinski definition) is 2. The fourth-order valence-electron chi connectivity index (χ4n) is 1.73. The standard InChI is InChI=1S/C14H24N2O2S/c1-5-12(2)13-6-8-14(9-7-13)19(17,18)15-10-11-16(3)4/h6-9,12,15H,5,10-11H2,1-4H3/p+1/t12-/m0/s1. The van der Waals surface area contributed by atoms with Gasteiger partial charge in [0, 0.05) is 0 Å². The smallest absolute Gasteiger partial charge is 0.240 e. The molecule has 108 valence electrons. The first-order chi connectivity index (χ1) is 8.86. The van der Waals surface area contributed by atoms with Gasteiger partial charge >= 0.3 is 0 Å². The van der Waals surface area contributed by atoms with Crippen LogP contribution in [0.3, 0.4) is 0 Å². The molecule has 1 aromatic rings.